The van der Waals surface area contributed by atoms with E-state index >= 15 is 0 Å². The van der Waals surface area contributed by atoms with E-state index in [1.54, 1.807) is 0 Å². The van der Waals surface area contributed by atoms with Crippen molar-refractivity contribution in [2.45, 2.75) is 77.7 Å². The molecule has 18 heavy (non-hydrogen) atoms. The summed E-state index contributed by atoms with van der Waals surface area (Å²) in [6, 6.07) is 0. The Morgan fingerprint density at radius 3 is 2.17 bits per heavy atom. The molecule has 1 N–H and O–H groups in total. The molecule has 0 amide bonds. The molecule has 0 bridgehead atoms. The van der Waals surface area contributed by atoms with Gasteiger partial charge < -0.3 is 9.84 Å². The summed E-state index contributed by atoms with van der Waals surface area (Å²) in [5.41, 5.74) is 0. The van der Waals surface area contributed by atoms with Gasteiger partial charge in [0, 0.05) is 12.8 Å². The molecule has 0 rings (SSSR count). The van der Waals surface area contributed by atoms with E-state index in [9.17, 15) is 9.59 Å². The lowest BCUT2D eigenvalue weighted by Gasteiger charge is -2.11. The number of ether oxygens (including phenoxy) is 1. The van der Waals surface area contributed by atoms with Gasteiger partial charge >= 0.3 is 11.9 Å². The number of hydrogen-bond acceptors (Lipinski definition) is 3. The Hall–Kier alpha value is -1.06. The Bertz CT molecular complexity index is 238. The van der Waals surface area contributed by atoms with Crippen LogP contribution in [0.1, 0.15) is 71.6 Å². The van der Waals surface area contributed by atoms with Gasteiger partial charge in [-0.2, -0.15) is 0 Å². The van der Waals surface area contributed by atoms with Crippen molar-refractivity contribution in [1.29, 1.82) is 0 Å². The van der Waals surface area contributed by atoms with E-state index in [1.807, 2.05) is 6.92 Å². The fourth-order valence-electron chi connectivity index (χ4n) is 1.82. The zero-order valence-corrected chi connectivity index (χ0v) is 11.6. The van der Waals surface area contributed by atoms with Crippen molar-refractivity contribution < 1.29 is 19.4 Å². The molecule has 0 aromatic carbocycles. The molecule has 1 atom stereocenters. The Balaban J connectivity index is 3.32. The normalized spacial score (nSPS) is 12.1. The summed E-state index contributed by atoms with van der Waals surface area (Å²) in [4.78, 5) is 21.7. The van der Waals surface area contributed by atoms with Crippen LogP contribution in [0.15, 0.2) is 0 Å². The first-order chi connectivity index (χ1) is 8.56. The Morgan fingerprint density at radius 2 is 1.61 bits per heavy atom. The summed E-state index contributed by atoms with van der Waals surface area (Å²) < 4.78 is 5.23. The maximum absolute atomic E-state index is 11.4. The van der Waals surface area contributed by atoms with Crippen LogP contribution in [0.25, 0.3) is 0 Å². The zero-order valence-electron chi connectivity index (χ0n) is 11.6. The largest absolute Gasteiger partial charge is 0.481 e. The molecule has 0 aromatic rings. The standard InChI is InChI=1S/C14H26O4/c1-3-9-12(2)18-14(17)11-8-6-4-5-7-10-13(15)16/h12H,3-11H2,1-2H3,(H,15,16). The highest BCUT2D eigenvalue weighted by Crippen LogP contribution is 2.09. The Kier molecular flexibility index (Phi) is 10.4. The van der Waals surface area contributed by atoms with Crippen molar-refractivity contribution >= 4 is 11.9 Å². The number of carboxylic acid groups (broad SMARTS) is 1. The third kappa shape index (κ3) is 11.4. The number of rotatable bonds is 11. The monoisotopic (exact) mass is 258 g/mol. The summed E-state index contributed by atoms with van der Waals surface area (Å²) in [5.74, 6) is -0.843. The van der Waals surface area contributed by atoms with E-state index in [-0.39, 0.29) is 18.5 Å². The van der Waals surface area contributed by atoms with Gasteiger partial charge in [0.2, 0.25) is 0 Å². The summed E-state index contributed by atoms with van der Waals surface area (Å²) >= 11 is 0. The van der Waals surface area contributed by atoms with Crippen molar-refractivity contribution in [3.8, 4) is 0 Å². The number of unbranched alkanes of at least 4 members (excludes halogenated alkanes) is 4. The molecule has 4 nitrogen and oxygen atoms in total. The molecular weight excluding hydrogens is 232 g/mol. The molecule has 1 unspecified atom stereocenters. The molecule has 0 saturated heterocycles. The third-order valence-corrected chi connectivity index (χ3v) is 2.80. The Labute approximate surface area is 110 Å². The second kappa shape index (κ2) is 11.1. The van der Waals surface area contributed by atoms with Gasteiger partial charge in [0.15, 0.2) is 0 Å². The van der Waals surface area contributed by atoms with Gasteiger partial charge in [-0.05, 0) is 26.2 Å². The van der Waals surface area contributed by atoms with Crippen molar-refractivity contribution in [3.05, 3.63) is 0 Å². The van der Waals surface area contributed by atoms with E-state index in [0.717, 1.165) is 44.9 Å². The fourth-order valence-corrected chi connectivity index (χ4v) is 1.82. The lowest BCUT2D eigenvalue weighted by molar-refractivity contribution is -0.148. The van der Waals surface area contributed by atoms with Gasteiger partial charge in [-0.1, -0.05) is 32.6 Å². The highest BCUT2D eigenvalue weighted by Gasteiger charge is 2.07. The van der Waals surface area contributed by atoms with Crippen LogP contribution in [0.2, 0.25) is 0 Å². The minimum atomic E-state index is -0.733. The van der Waals surface area contributed by atoms with Crippen LogP contribution in [0, 0.1) is 0 Å². The van der Waals surface area contributed by atoms with Crippen LogP contribution in [0.5, 0.6) is 0 Å². The number of hydrogen-bond donors (Lipinski definition) is 1. The molecule has 106 valence electrons. The molecule has 0 aliphatic heterocycles. The maximum Gasteiger partial charge on any atom is 0.306 e. The van der Waals surface area contributed by atoms with E-state index in [2.05, 4.69) is 6.92 Å². The number of carbonyl (C=O) groups excluding carboxylic acids is 1. The average molecular weight is 258 g/mol. The first-order valence-electron chi connectivity index (χ1n) is 6.97. The number of aliphatic carboxylic acids is 1. The van der Waals surface area contributed by atoms with Crippen LogP contribution >= 0.6 is 0 Å². The second-order valence-corrected chi connectivity index (χ2v) is 4.75. The van der Waals surface area contributed by atoms with Gasteiger partial charge in [0.05, 0.1) is 6.10 Å². The van der Waals surface area contributed by atoms with Crippen molar-refractivity contribution in [1.82, 2.24) is 0 Å². The van der Waals surface area contributed by atoms with Gasteiger partial charge in [0.1, 0.15) is 0 Å². The second-order valence-electron chi connectivity index (χ2n) is 4.75. The maximum atomic E-state index is 11.4. The molecule has 4 heteroatoms. The highest BCUT2D eigenvalue weighted by molar-refractivity contribution is 5.69. The van der Waals surface area contributed by atoms with Gasteiger partial charge in [-0.15, -0.1) is 0 Å². The molecule has 0 spiro atoms. The predicted octanol–water partition coefficient (Wildman–Crippen LogP) is 3.53. The Morgan fingerprint density at radius 1 is 1.06 bits per heavy atom. The number of carboxylic acids is 1. The SMILES string of the molecule is CCCC(C)OC(=O)CCCCCCCC(=O)O. The molecular formula is C14H26O4. The van der Waals surface area contributed by atoms with Crippen molar-refractivity contribution in [3.63, 3.8) is 0 Å². The molecule has 0 aliphatic rings. The molecule has 0 heterocycles. The van der Waals surface area contributed by atoms with Crippen LogP contribution in [-0.2, 0) is 14.3 Å². The van der Waals surface area contributed by atoms with E-state index in [1.165, 1.54) is 0 Å². The van der Waals surface area contributed by atoms with E-state index in [4.69, 9.17) is 9.84 Å². The molecule has 0 aliphatic carbocycles. The molecule has 0 fully saturated rings. The minimum absolute atomic E-state index is 0.0260. The number of carbonyl (C=O) groups is 2. The third-order valence-electron chi connectivity index (χ3n) is 2.80. The van der Waals surface area contributed by atoms with Crippen LogP contribution in [0.3, 0.4) is 0 Å². The average Bonchev–Trinajstić information content (AvgIpc) is 2.27. The molecule has 0 radical (unpaired) electrons. The highest BCUT2D eigenvalue weighted by atomic mass is 16.5. The first kappa shape index (κ1) is 16.9. The van der Waals surface area contributed by atoms with Gasteiger partial charge in [0.25, 0.3) is 0 Å². The first-order valence-corrected chi connectivity index (χ1v) is 6.97. The van der Waals surface area contributed by atoms with E-state index < -0.39 is 5.97 Å². The van der Waals surface area contributed by atoms with Gasteiger partial charge in [-0.25, -0.2) is 0 Å². The summed E-state index contributed by atoms with van der Waals surface area (Å²) in [6.45, 7) is 3.99. The fraction of sp³-hybridized carbons (Fsp3) is 0.857. The van der Waals surface area contributed by atoms with Crippen molar-refractivity contribution in [2.24, 2.45) is 0 Å². The van der Waals surface area contributed by atoms with Crippen molar-refractivity contribution in [2.75, 3.05) is 0 Å². The predicted molar refractivity (Wildman–Crippen MR) is 70.4 cm³/mol. The molecule has 0 saturated carbocycles. The molecule has 0 aromatic heterocycles. The lowest BCUT2D eigenvalue weighted by atomic mass is 10.1. The lowest BCUT2D eigenvalue weighted by Crippen LogP contribution is -2.14. The topological polar surface area (TPSA) is 63.6 Å². The summed E-state index contributed by atoms with van der Waals surface area (Å²) in [5, 5.41) is 8.46. The van der Waals surface area contributed by atoms with Crippen LogP contribution < -0.4 is 0 Å². The smallest absolute Gasteiger partial charge is 0.306 e. The summed E-state index contributed by atoms with van der Waals surface area (Å²) in [6.07, 6.45) is 7.15. The van der Waals surface area contributed by atoms with Gasteiger partial charge in [-0.3, -0.25) is 9.59 Å². The quantitative estimate of drug-likeness (QED) is 0.455. The summed E-state index contributed by atoms with van der Waals surface area (Å²) in [7, 11) is 0. The van der Waals surface area contributed by atoms with E-state index in [0.29, 0.717) is 6.42 Å². The number of esters is 1. The van der Waals surface area contributed by atoms with Crippen LogP contribution in [-0.4, -0.2) is 23.1 Å². The van der Waals surface area contributed by atoms with Crippen LogP contribution in [0.4, 0.5) is 0 Å². The minimum Gasteiger partial charge on any atom is -0.481 e. The zero-order chi connectivity index (χ0) is 13.8.